The molecular weight excluding hydrogens is 319 g/mol. The van der Waals surface area contributed by atoms with Gasteiger partial charge in [-0.05, 0) is 63.7 Å². The van der Waals surface area contributed by atoms with Crippen LogP contribution in [-0.4, -0.2) is 4.98 Å². The number of pyridine rings is 1. The average molecular weight is 330 g/mol. The van der Waals surface area contributed by atoms with Crippen molar-refractivity contribution in [2.24, 2.45) is 5.73 Å². The van der Waals surface area contributed by atoms with E-state index < -0.39 is 0 Å². The van der Waals surface area contributed by atoms with E-state index in [9.17, 15) is 0 Å². The van der Waals surface area contributed by atoms with E-state index in [1.54, 1.807) is 23.7 Å². The zero-order chi connectivity index (χ0) is 10.7. The van der Waals surface area contributed by atoms with Gasteiger partial charge in [0.15, 0.2) is 0 Å². The second kappa shape index (κ2) is 5.05. The lowest BCUT2D eigenvalue weighted by Gasteiger charge is -2.09. The number of hydrogen-bond donors (Lipinski definition) is 1. The van der Waals surface area contributed by atoms with E-state index in [2.05, 4.69) is 39.0 Å². The molecule has 15 heavy (non-hydrogen) atoms. The Morgan fingerprint density at radius 2 is 2.13 bits per heavy atom. The molecule has 0 saturated heterocycles. The second-order valence-electron chi connectivity index (χ2n) is 3.35. The third-order valence-electron chi connectivity index (χ3n) is 2.22. The van der Waals surface area contributed by atoms with Gasteiger partial charge >= 0.3 is 0 Å². The summed E-state index contributed by atoms with van der Waals surface area (Å²) >= 11 is 4.06. The summed E-state index contributed by atoms with van der Waals surface area (Å²) in [5.74, 6) is 0. The van der Waals surface area contributed by atoms with E-state index in [-0.39, 0.29) is 6.04 Å². The van der Waals surface area contributed by atoms with Crippen molar-refractivity contribution in [3.63, 3.8) is 0 Å². The van der Waals surface area contributed by atoms with Gasteiger partial charge in [-0.2, -0.15) is 0 Å². The highest BCUT2D eigenvalue weighted by Gasteiger charge is 2.08. The largest absolute Gasteiger partial charge is 0.324 e. The second-order valence-corrected chi connectivity index (χ2v) is 6.16. The maximum Gasteiger partial charge on any atom is 0.0656 e. The molecule has 2 rings (SSSR count). The number of thiophene rings is 1. The van der Waals surface area contributed by atoms with Gasteiger partial charge in [0, 0.05) is 18.4 Å². The van der Waals surface area contributed by atoms with Crippen LogP contribution in [0.15, 0.2) is 36.0 Å². The molecule has 1 unspecified atom stereocenters. The minimum absolute atomic E-state index is 0.0900. The highest BCUT2D eigenvalue weighted by Crippen LogP contribution is 2.23. The van der Waals surface area contributed by atoms with E-state index in [0.29, 0.717) is 0 Å². The summed E-state index contributed by atoms with van der Waals surface area (Å²) in [7, 11) is 0. The molecule has 2 N–H and O–H groups in total. The number of rotatable bonds is 3. The molecule has 0 radical (unpaired) electrons. The predicted molar refractivity (Wildman–Crippen MR) is 71.9 cm³/mol. The van der Waals surface area contributed by atoms with Gasteiger partial charge in [-0.1, -0.05) is 0 Å². The number of nitrogens with two attached hydrogens (primary N) is 1. The van der Waals surface area contributed by atoms with Crippen LogP contribution >= 0.6 is 33.9 Å². The van der Waals surface area contributed by atoms with E-state index in [4.69, 9.17) is 5.73 Å². The van der Waals surface area contributed by atoms with Crippen molar-refractivity contribution < 1.29 is 0 Å². The Kier molecular flexibility index (Phi) is 3.71. The number of nitrogens with zero attached hydrogens (tertiary/aromatic N) is 1. The molecular formula is C11H11IN2S. The predicted octanol–water partition coefficient (Wildman–Crippen LogP) is 2.99. The molecule has 0 amide bonds. The summed E-state index contributed by atoms with van der Waals surface area (Å²) in [6.45, 7) is 0. The molecule has 0 fully saturated rings. The van der Waals surface area contributed by atoms with Crippen LogP contribution in [0.1, 0.15) is 17.2 Å². The molecule has 0 bridgehead atoms. The Labute approximate surface area is 107 Å². The Morgan fingerprint density at radius 3 is 2.73 bits per heavy atom. The first kappa shape index (κ1) is 11.0. The topological polar surface area (TPSA) is 38.9 Å². The molecule has 0 aromatic carbocycles. The van der Waals surface area contributed by atoms with Crippen molar-refractivity contribution in [2.45, 2.75) is 12.5 Å². The van der Waals surface area contributed by atoms with Gasteiger partial charge in [0.1, 0.15) is 0 Å². The number of hydrogen-bond acceptors (Lipinski definition) is 3. The number of aromatic nitrogens is 1. The Hall–Kier alpha value is -0.460. The smallest absolute Gasteiger partial charge is 0.0656 e. The fourth-order valence-corrected chi connectivity index (χ4v) is 2.85. The third-order valence-corrected chi connectivity index (χ3v) is 4.03. The molecule has 0 aliphatic heterocycles. The Morgan fingerprint density at radius 1 is 1.40 bits per heavy atom. The first-order chi connectivity index (χ1) is 7.25. The lowest BCUT2D eigenvalue weighted by Crippen LogP contribution is -2.12. The Bertz CT molecular complexity index is 427. The molecule has 2 aromatic rings. The summed E-state index contributed by atoms with van der Waals surface area (Å²) in [5.41, 5.74) is 8.58. The normalized spacial score (nSPS) is 12.7. The van der Waals surface area contributed by atoms with Gasteiger partial charge in [-0.15, -0.1) is 11.3 Å². The van der Waals surface area contributed by atoms with Crippen LogP contribution in [0.2, 0.25) is 0 Å². The zero-order valence-electron chi connectivity index (χ0n) is 8.06. The summed E-state index contributed by atoms with van der Waals surface area (Å²) in [6.07, 6.45) is 4.48. The van der Waals surface area contributed by atoms with Crippen molar-refractivity contribution in [1.29, 1.82) is 0 Å². The standard InChI is InChI=1S/C11H11IN2S/c12-11-6-9(7-15-11)10(13)5-8-1-3-14-4-2-8/h1-4,6-7,10H,5,13H2. The molecule has 78 valence electrons. The molecule has 1 atom stereocenters. The monoisotopic (exact) mass is 330 g/mol. The van der Waals surface area contributed by atoms with Gasteiger partial charge in [-0.25, -0.2) is 0 Å². The summed E-state index contributed by atoms with van der Waals surface area (Å²) < 4.78 is 1.28. The Balaban J connectivity index is 2.07. The molecule has 2 nitrogen and oxygen atoms in total. The first-order valence-electron chi connectivity index (χ1n) is 4.64. The fraction of sp³-hybridized carbons (Fsp3) is 0.182. The van der Waals surface area contributed by atoms with Crippen molar-refractivity contribution in [3.05, 3.63) is 50.0 Å². The van der Waals surface area contributed by atoms with Crippen LogP contribution in [0, 0.1) is 2.88 Å². The van der Waals surface area contributed by atoms with Gasteiger partial charge in [0.2, 0.25) is 0 Å². The lowest BCUT2D eigenvalue weighted by molar-refractivity contribution is 0.724. The molecule has 2 heterocycles. The van der Waals surface area contributed by atoms with Gasteiger partial charge in [0.05, 0.1) is 2.88 Å². The average Bonchev–Trinajstić information content (AvgIpc) is 2.66. The zero-order valence-corrected chi connectivity index (χ0v) is 11.0. The van der Waals surface area contributed by atoms with Crippen LogP contribution in [-0.2, 0) is 6.42 Å². The van der Waals surface area contributed by atoms with Crippen LogP contribution in [0.5, 0.6) is 0 Å². The lowest BCUT2D eigenvalue weighted by atomic mass is 10.0. The third kappa shape index (κ3) is 2.99. The number of halogens is 1. The van der Waals surface area contributed by atoms with Crippen LogP contribution in [0.4, 0.5) is 0 Å². The van der Waals surface area contributed by atoms with E-state index >= 15 is 0 Å². The first-order valence-corrected chi connectivity index (χ1v) is 6.60. The summed E-state index contributed by atoms with van der Waals surface area (Å²) in [6, 6.07) is 6.26. The van der Waals surface area contributed by atoms with Crippen molar-refractivity contribution >= 4 is 33.9 Å². The van der Waals surface area contributed by atoms with Gasteiger partial charge < -0.3 is 5.73 Å². The highest BCUT2D eigenvalue weighted by molar-refractivity contribution is 14.1. The van der Waals surface area contributed by atoms with Crippen LogP contribution < -0.4 is 5.73 Å². The maximum absolute atomic E-state index is 6.12. The molecule has 0 saturated carbocycles. The van der Waals surface area contributed by atoms with Crippen LogP contribution in [0.25, 0.3) is 0 Å². The summed E-state index contributed by atoms with van der Waals surface area (Å²) in [4.78, 5) is 3.99. The fourth-order valence-electron chi connectivity index (χ4n) is 1.41. The van der Waals surface area contributed by atoms with Crippen molar-refractivity contribution in [3.8, 4) is 0 Å². The van der Waals surface area contributed by atoms with E-state index in [1.807, 2.05) is 12.1 Å². The quantitative estimate of drug-likeness (QED) is 0.879. The SMILES string of the molecule is NC(Cc1ccncc1)c1csc(I)c1. The highest BCUT2D eigenvalue weighted by atomic mass is 127. The molecule has 0 spiro atoms. The van der Waals surface area contributed by atoms with Crippen molar-refractivity contribution in [2.75, 3.05) is 0 Å². The molecule has 2 aromatic heterocycles. The van der Waals surface area contributed by atoms with Crippen LogP contribution in [0.3, 0.4) is 0 Å². The molecule has 0 aliphatic rings. The van der Waals surface area contributed by atoms with E-state index in [0.717, 1.165) is 6.42 Å². The van der Waals surface area contributed by atoms with Crippen molar-refractivity contribution in [1.82, 2.24) is 4.98 Å². The van der Waals surface area contributed by atoms with E-state index in [1.165, 1.54) is 14.0 Å². The molecule has 0 aliphatic carbocycles. The molecule has 4 heteroatoms. The van der Waals surface area contributed by atoms with Gasteiger partial charge in [0.25, 0.3) is 0 Å². The minimum Gasteiger partial charge on any atom is -0.324 e. The minimum atomic E-state index is 0.0900. The maximum atomic E-state index is 6.12. The van der Waals surface area contributed by atoms with Gasteiger partial charge in [-0.3, -0.25) is 4.98 Å². The summed E-state index contributed by atoms with van der Waals surface area (Å²) in [5, 5.41) is 2.13.